The van der Waals surface area contributed by atoms with Gasteiger partial charge >= 0.3 is 6.09 Å². The van der Waals surface area contributed by atoms with Crippen molar-refractivity contribution in [2.75, 3.05) is 20.1 Å². The number of carbonyl (C=O) groups is 2. The number of carbonyl (C=O) groups excluding carboxylic acids is 2. The molecule has 2 amide bonds. The molecule has 168 valence electrons. The van der Waals surface area contributed by atoms with Gasteiger partial charge in [0.15, 0.2) is 0 Å². The standard InChI is InChI=1S/C21H33N3O5S/c1-15(2)23(6)30(27,28)18-9-7-8-16(14-18)19(25)24-12-10-17(11-13-24)22-20(26)29-21(3,4)5/h7-9,14-15,17H,10-13H2,1-6H3,(H,22,26). The predicted octanol–water partition coefficient (Wildman–Crippen LogP) is 2.84. The molecule has 1 aromatic rings. The number of piperidine rings is 1. The first-order valence-corrected chi connectivity index (χ1v) is 11.6. The minimum atomic E-state index is -3.66. The van der Waals surface area contributed by atoms with Gasteiger partial charge in [0.25, 0.3) is 5.91 Å². The summed E-state index contributed by atoms with van der Waals surface area (Å²) < 4.78 is 32.0. The number of amides is 2. The van der Waals surface area contributed by atoms with Crippen LogP contribution >= 0.6 is 0 Å². The first-order valence-electron chi connectivity index (χ1n) is 10.2. The number of sulfonamides is 1. The van der Waals surface area contributed by atoms with Gasteiger partial charge in [-0.25, -0.2) is 13.2 Å². The van der Waals surface area contributed by atoms with E-state index in [0.29, 0.717) is 31.5 Å². The van der Waals surface area contributed by atoms with E-state index in [1.807, 2.05) is 0 Å². The zero-order valence-corrected chi connectivity index (χ0v) is 19.5. The van der Waals surface area contributed by atoms with E-state index < -0.39 is 21.7 Å². The minimum absolute atomic E-state index is 0.0599. The number of nitrogens with zero attached hydrogens (tertiary/aromatic N) is 2. The number of hydrogen-bond acceptors (Lipinski definition) is 5. The Morgan fingerprint density at radius 3 is 2.33 bits per heavy atom. The molecule has 0 spiro atoms. The number of hydrogen-bond donors (Lipinski definition) is 1. The van der Waals surface area contributed by atoms with Crippen LogP contribution in [0.1, 0.15) is 57.8 Å². The van der Waals surface area contributed by atoms with Crippen LogP contribution in [0.15, 0.2) is 29.2 Å². The van der Waals surface area contributed by atoms with Gasteiger partial charge in [-0.15, -0.1) is 0 Å². The maximum atomic E-state index is 12.9. The van der Waals surface area contributed by atoms with E-state index in [1.165, 1.54) is 23.5 Å². The molecule has 1 aromatic carbocycles. The van der Waals surface area contributed by atoms with Crippen LogP contribution in [0.3, 0.4) is 0 Å². The second kappa shape index (κ2) is 9.34. The number of rotatable bonds is 5. The number of ether oxygens (including phenoxy) is 1. The second-order valence-electron chi connectivity index (χ2n) is 8.86. The molecule has 0 radical (unpaired) electrons. The van der Waals surface area contributed by atoms with Crippen molar-refractivity contribution in [2.24, 2.45) is 0 Å². The molecule has 0 aliphatic carbocycles. The Morgan fingerprint density at radius 2 is 1.80 bits per heavy atom. The Bertz CT molecular complexity index is 869. The fraction of sp³-hybridized carbons (Fsp3) is 0.619. The highest BCUT2D eigenvalue weighted by molar-refractivity contribution is 7.89. The van der Waals surface area contributed by atoms with Gasteiger partial charge in [-0.05, 0) is 65.7 Å². The van der Waals surface area contributed by atoms with E-state index in [1.54, 1.807) is 51.7 Å². The van der Waals surface area contributed by atoms with Crippen LogP contribution in [-0.4, -0.2) is 67.4 Å². The van der Waals surface area contributed by atoms with Crippen molar-refractivity contribution >= 4 is 22.0 Å². The third-order valence-corrected chi connectivity index (χ3v) is 7.02. The molecule has 1 fully saturated rings. The fourth-order valence-corrected chi connectivity index (χ4v) is 4.53. The van der Waals surface area contributed by atoms with Gasteiger partial charge in [0.2, 0.25) is 10.0 Å². The normalized spacial score (nSPS) is 16.1. The molecule has 0 atom stereocenters. The largest absolute Gasteiger partial charge is 0.444 e. The molecular formula is C21H33N3O5S. The lowest BCUT2D eigenvalue weighted by Crippen LogP contribution is -2.47. The van der Waals surface area contributed by atoms with Crippen LogP contribution in [0.5, 0.6) is 0 Å². The molecule has 0 aromatic heterocycles. The number of alkyl carbamates (subject to hydrolysis) is 1. The Kier molecular flexibility index (Phi) is 7.52. The molecule has 30 heavy (non-hydrogen) atoms. The lowest BCUT2D eigenvalue weighted by Gasteiger charge is -2.33. The molecule has 1 saturated heterocycles. The van der Waals surface area contributed by atoms with Crippen LogP contribution < -0.4 is 5.32 Å². The molecular weight excluding hydrogens is 406 g/mol. The van der Waals surface area contributed by atoms with E-state index in [-0.39, 0.29) is 22.9 Å². The zero-order valence-electron chi connectivity index (χ0n) is 18.6. The lowest BCUT2D eigenvalue weighted by molar-refractivity contribution is 0.0473. The average Bonchev–Trinajstić information content (AvgIpc) is 2.65. The van der Waals surface area contributed by atoms with Crippen molar-refractivity contribution in [3.8, 4) is 0 Å². The van der Waals surface area contributed by atoms with Gasteiger partial charge in [0, 0.05) is 37.8 Å². The predicted molar refractivity (Wildman–Crippen MR) is 115 cm³/mol. The third kappa shape index (κ3) is 6.18. The number of likely N-dealkylation sites (tertiary alicyclic amines) is 1. The highest BCUT2D eigenvalue weighted by Gasteiger charge is 2.28. The van der Waals surface area contributed by atoms with Gasteiger partial charge in [-0.2, -0.15) is 4.31 Å². The van der Waals surface area contributed by atoms with Gasteiger partial charge in [-0.1, -0.05) is 6.07 Å². The second-order valence-corrected chi connectivity index (χ2v) is 10.9. The highest BCUT2D eigenvalue weighted by Crippen LogP contribution is 2.20. The minimum Gasteiger partial charge on any atom is -0.444 e. The Hall–Kier alpha value is -2.13. The summed E-state index contributed by atoms with van der Waals surface area (Å²) in [6.07, 6.45) is 0.762. The molecule has 1 aliphatic heterocycles. The molecule has 1 N–H and O–H groups in total. The van der Waals surface area contributed by atoms with E-state index in [2.05, 4.69) is 5.32 Å². The topological polar surface area (TPSA) is 96.0 Å². The van der Waals surface area contributed by atoms with E-state index in [4.69, 9.17) is 4.74 Å². The van der Waals surface area contributed by atoms with Crippen molar-refractivity contribution in [3.05, 3.63) is 29.8 Å². The van der Waals surface area contributed by atoms with Crippen molar-refractivity contribution < 1.29 is 22.7 Å². The summed E-state index contributed by atoms with van der Waals surface area (Å²) in [6.45, 7) is 9.96. The Balaban J connectivity index is 2.02. The van der Waals surface area contributed by atoms with Crippen LogP contribution in [0.4, 0.5) is 4.79 Å². The van der Waals surface area contributed by atoms with E-state index >= 15 is 0 Å². The van der Waals surface area contributed by atoms with Crippen LogP contribution in [-0.2, 0) is 14.8 Å². The first kappa shape index (κ1) is 24.1. The summed E-state index contributed by atoms with van der Waals surface area (Å²) in [5, 5.41) is 2.84. The Labute approximate surface area is 179 Å². The molecule has 0 saturated carbocycles. The molecule has 0 unspecified atom stereocenters. The maximum Gasteiger partial charge on any atom is 0.407 e. The molecule has 2 rings (SSSR count). The van der Waals surface area contributed by atoms with E-state index in [0.717, 1.165) is 0 Å². The number of nitrogens with one attached hydrogen (secondary N) is 1. The summed E-state index contributed by atoms with van der Waals surface area (Å²) in [4.78, 5) is 26.6. The SMILES string of the molecule is CC(C)N(C)S(=O)(=O)c1cccc(C(=O)N2CCC(NC(=O)OC(C)(C)C)CC2)c1. The third-order valence-electron chi connectivity index (χ3n) is 4.99. The number of benzene rings is 1. The summed E-state index contributed by atoms with van der Waals surface area (Å²) in [7, 11) is -2.14. The maximum absolute atomic E-state index is 12.9. The quantitative estimate of drug-likeness (QED) is 0.761. The zero-order chi connectivity index (χ0) is 22.7. The first-order chi connectivity index (χ1) is 13.8. The van der Waals surface area contributed by atoms with Crippen molar-refractivity contribution in [1.82, 2.24) is 14.5 Å². The smallest absolute Gasteiger partial charge is 0.407 e. The van der Waals surface area contributed by atoms with Crippen LogP contribution in [0.2, 0.25) is 0 Å². The van der Waals surface area contributed by atoms with Gasteiger partial charge in [-0.3, -0.25) is 4.79 Å². The fourth-order valence-electron chi connectivity index (χ4n) is 3.12. The molecule has 9 heteroatoms. The van der Waals surface area contributed by atoms with Gasteiger partial charge in [0.05, 0.1) is 4.90 Å². The van der Waals surface area contributed by atoms with Crippen molar-refractivity contribution in [3.63, 3.8) is 0 Å². The van der Waals surface area contributed by atoms with E-state index in [9.17, 15) is 18.0 Å². The average molecular weight is 440 g/mol. The molecule has 0 bridgehead atoms. The van der Waals surface area contributed by atoms with Crippen LogP contribution in [0.25, 0.3) is 0 Å². The van der Waals surface area contributed by atoms with Crippen LogP contribution in [0, 0.1) is 0 Å². The Morgan fingerprint density at radius 1 is 1.20 bits per heavy atom. The monoisotopic (exact) mass is 439 g/mol. The van der Waals surface area contributed by atoms with Gasteiger partial charge < -0.3 is 15.0 Å². The highest BCUT2D eigenvalue weighted by atomic mass is 32.2. The van der Waals surface area contributed by atoms with Crippen molar-refractivity contribution in [1.29, 1.82) is 0 Å². The molecule has 1 heterocycles. The summed E-state index contributed by atoms with van der Waals surface area (Å²) in [5.74, 6) is -0.213. The molecule has 1 aliphatic rings. The van der Waals surface area contributed by atoms with Crippen molar-refractivity contribution in [2.45, 2.75) is 70.0 Å². The molecule has 8 nitrogen and oxygen atoms in total. The summed E-state index contributed by atoms with van der Waals surface area (Å²) in [5.41, 5.74) is -0.220. The summed E-state index contributed by atoms with van der Waals surface area (Å²) in [6, 6.07) is 5.90. The summed E-state index contributed by atoms with van der Waals surface area (Å²) >= 11 is 0. The lowest BCUT2D eigenvalue weighted by atomic mass is 10.0. The van der Waals surface area contributed by atoms with Gasteiger partial charge in [0.1, 0.15) is 5.60 Å².